The van der Waals surface area contributed by atoms with Crippen molar-refractivity contribution >= 4 is 6.15 Å². The van der Waals surface area contributed by atoms with Crippen molar-refractivity contribution in [2.45, 2.75) is 0 Å². The van der Waals surface area contributed by atoms with Gasteiger partial charge >= 0.3 is 6.15 Å². The van der Waals surface area contributed by atoms with Crippen LogP contribution in [0.2, 0.25) is 0 Å². The fourth-order valence-electron chi connectivity index (χ4n) is 0. The van der Waals surface area contributed by atoms with Gasteiger partial charge in [0.2, 0.25) is 0 Å². The maximum Gasteiger partial charge on any atom is 0.373 e. The van der Waals surface area contributed by atoms with E-state index in [4.69, 9.17) is 19.8 Å². The van der Waals surface area contributed by atoms with Crippen molar-refractivity contribution in [2.24, 2.45) is 0 Å². The second-order valence-corrected chi connectivity index (χ2v) is 0.0833. The van der Waals surface area contributed by atoms with E-state index in [0.717, 1.165) is 14.2 Å². The third kappa shape index (κ3) is 118. The summed E-state index contributed by atoms with van der Waals surface area (Å²) in [6, 6.07) is 0. The highest BCUT2D eigenvalue weighted by atomic mass is 16.2. The van der Waals surface area contributed by atoms with Crippen molar-refractivity contribution in [1.82, 2.24) is 0 Å². The summed E-state index contributed by atoms with van der Waals surface area (Å²) in [4.78, 5) is 16.2. The van der Waals surface area contributed by atoms with Crippen LogP contribution in [0, 0.1) is 0 Å². The van der Waals surface area contributed by atoms with Gasteiger partial charge in [0.25, 0.3) is 0 Å². The molecule has 4 heteroatoms. The van der Waals surface area contributed by atoms with Gasteiger partial charge < -0.3 is 10.2 Å². The molecule has 0 heterocycles. The molecule has 0 aromatic heterocycles. The van der Waals surface area contributed by atoms with E-state index in [1.165, 1.54) is 0 Å². The van der Waals surface area contributed by atoms with Gasteiger partial charge in [0.05, 0.1) is 0 Å². The van der Waals surface area contributed by atoms with E-state index in [1.54, 1.807) is 0 Å². The minimum atomic E-state index is 0.250. The highest BCUT2D eigenvalue weighted by molar-refractivity contribution is 5.20. The van der Waals surface area contributed by atoms with Crippen molar-refractivity contribution in [3.63, 3.8) is 0 Å². The number of rotatable bonds is 0. The van der Waals surface area contributed by atoms with Crippen molar-refractivity contribution in [2.75, 3.05) is 14.2 Å². The first-order chi connectivity index (χ1) is 3.41. The van der Waals surface area contributed by atoms with Gasteiger partial charge in [-0.05, 0) is 0 Å². The number of hydrogen-bond acceptors (Lipinski definition) is 4. The first-order valence-electron chi connectivity index (χ1n) is 1.30. The van der Waals surface area contributed by atoms with Crippen LogP contribution in [-0.2, 0) is 9.59 Å². The maximum absolute atomic E-state index is 8.12. The molecule has 0 aromatic rings. The molecule has 0 aliphatic rings. The molecule has 0 unspecified atom stereocenters. The minimum Gasteiger partial charge on any atom is -0.400 e. The van der Waals surface area contributed by atoms with E-state index in [9.17, 15) is 0 Å². The molecule has 0 fully saturated rings. The Kier molecular flexibility index (Phi) is 2530. The Balaban J connectivity index is -0.0000000360. The van der Waals surface area contributed by atoms with Gasteiger partial charge in [-0.3, -0.25) is 0 Å². The summed E-state index contributed by atoms with van der Waals surface area (Å²) in [7, 11) is 2.00. The summed E-state index contributed by atoms with van der Waals surface area (Å²) in [5, 5.41) is 14.0. The van der Waals surface area contributed by atoms with E-state index in [1.807, 2.05) is 0 Å². The van der Waals surface area contributed by atoms with Crippen LogP contribution < -0.4 is 0 Å². The topological polar surface area (TPSA) is 74.6 Å². The summed E-state index contributed by atoms with van der Waals surface area (Å²) < 4.78 is 0. The molecule has 0 saturated heterocycles. The predicted octanol–water partition coefficient (Wildman–Crippen LogP) is -1.37. The summed E-state index contributed by atoms with van der Waals surface area (Å²) in [6.07, 6.45) is 0.250. The monoisotopic (exact) mass is 108 g/mol. The molecule has 4 nitrogen and oxygen atoms in total. The number of aliphatic hydroxyl groups is 2. The van der Waals surface area contributed by atoms with E-state index in [0.29, 0.717) is 0 Å². The van der Waals surface area contributed by atoms with Crippen LogP contribution in [0.5, 0.6) is 0 Å². The minimum absolute atomic E-state index is 0.250. The summed E-state index contributed by atoms with van der Waals surface area (Å²) in [5.74, 6) is 0. The lowest BCUT2D eigenvalue weighted by molar-refractivity contribution is -0.191. The Morgan fingerprint density at radius 1 is 1.00 bits per heavy atom. The lowest BCUT2D eigenvalue weighted by Gasteiger charge is -1.21. The second kappa shape index (κ2) is 1090. The highest BCUT2D eigenvalue weighted by Gasteiger charge is 1.13. The van der Waals surface area contributed by atoms with Crippen LogP contribution >= 0.6 is 0 Å². The van der Waals surface area contributed by atoms with Gasteiger partial charge in [-0.25, -0.2) is 0 Å². The number of hydrogen-bond donors (Lipinski definition) is 2. The van der Waals surface area contributed by atoms with E-state index in [-0.39, 0.29) is 6.15 Å². The molecule has 0 aliphatic heterocycles. The molecule has 0 radical (unpaired) electrons. The second-order valence-electron chi connectivity index (χ2n) is 0.0833. The van der Waals surface area contributed by atoms with Gasteiger partial charge in [0.1, 0.15) is 0 Å². The molecule has 0 saturated carbocycles. The molecule has 0 atom stereocenters. The van der Waals surface area contributed by atoms with Gasteiger partial charge in [-0.2, -0.15) is 9.59 Å². The van der Waals surface area contributed by atoms with Crippen LogP contribution in [0.25, 0.3) is 0 Å². The zero-order chi connectivity index (χ0) is 6.71. The average Bonchev–Trinajstić information content (AvgIpc) is 1.78. The molecule has 0 aliphatic carbocycles. The Morgan fingerprint density at radius 3 is 1.00 bits per heavy atom. The van der Waals surface area contributed by atoms with Crippen molar-refractivity contribution in [1.29, 1.82) is 0 Å². The molecular formula is C3H8O4. The van der Waals surface area contributed by atoms with Gasteiger partial charge in [-0.15, -0.1) is 0 Å². The average molecular weight is 108 g/mol. The molecule has 0 spiro atoms. The highest BCUT2D eigenvalue weighted by Crippen LogP contribution is 0.787. The van der Waals surface area contributed by atoms with Crippen molar-refractivity contribution < 1.29 is 19.8 Å². The molecule has 0 rings (SSSR count). The van der Waals surface area contributed by atoms with E-state index < -0.39 is 0 Å². The fraction of sp³-hybridized carbons (Fsp3) is 0.667. The third-order valence-electron chi connectivity index (χ3n) is 0. The van der Waals surface area contributed by atoms with Gasteiger partial charge in [0, 0.05) is 14.2 Å². The van der Waals surface area contributed by atoms with Gasteiger partial charge in [-0.1, -0.05) is 0 Å². The lowest BCUT2D eigenvalue weighted by Crippen LogP contribution is -1.25. The van der Waals surface area contributed by atoms with Crippen LogP contribution in [0.4, 0.5) is 0 Å². The summed E-state index contributed by atoms with van der Waals surface area (Å²) in [6.45, 7) is 0. The largest absolute Gasteiger partial charge is 0.400 e. The number of carbonyl (C=O) groups excluding carboxylic acids is 2. The SMILES string of the molecule is CO.CO.O=C=O. The normalized spacial score (nSPS) is 2.86. The predicted molar refractivity (Wildman–Crippen MR) is 21.3 cm³/mol. The Morgan fingerprint density at radius 2 is 1.00 bits per heavy atom. The lowest BCUT2D eigenvalue weighted by atomic mass is 11.8. The van der Waals surface area contributed by atoms with Crippen molar-refractivity contribution in [3.05, 3.63) is 0 Å². The number of aliphatic hydroxyl groups excluding tert-OH is 2. The fourth-order valence-corrected chi connectivity index (χ4v) is 0. The quantitative estimate of drug-likeness (QED) is 0.401. The molecule has 2 N–H and O–H groups in total. The van der Waals surface area contributed by atoms with Crippen LogP contribution in [0.1, 0.15) is 0 Å². The molecular weight excluding hydrogens is 100 g/mol. The van der Waals surface area contributed by atoms with Crippen molar-refractivity contribution in [3.8, 4) is 0 Å². The Bertz CT molecular complexity index is 27.9. The smallest absolute Gasteiger partial charge is 0.373 e. The van der Waals surface area contributed by atoms with Crippen LogP contribution in [0.3, 0.4) is 0 Å². The first kappa shape index (κ1) is 16.3. The summed E-state index contributed by atoms with van der Waals surface area (Å²) in [5.41, 5.74) is 0. The van der Waals surface area contributed by atoms with E-state index >= 15 is 0 Å². The Hall–Kier alpha value is -0.700. The zero-order valence-corrected chi connectivity index (χ0v) is 4.21. The van der Waals surface area contributed by atoms with Crippen LogP contribution in [-0.4, -0.2) is 30.6 Å². The third-order valence-corrected chi connectivity index (χ3v) is 0. The van der Waals surface area contributed by atoms with E-state index in [2.05, 4.69) is 0 Å². The molecule has 0 aromatic carbocycles. The molecule has 0 amide bonds. The first-order valence-corrected chi connectivity index (χ1v) is 1.30. The summed E-state index contributed by atoms with van der Waals surface area (Å²) >= 11 is 0. The van der Waals surface area contributed by atoms with Crippen LogP contribution in [0.15, 0.2) is 0 Å². The van der Waals surface area contributed by atoms with Gasteiger partial charge in [0.15, 0.2) is 0 Å². The maximum atomic E-state index is 8.12. The molecule has 0 bridgehead atoms. The Labute approximate surface area is 41.4 Å². The zero-order valence-electron chi connectivity index (χ0n) is 4.21. The standard InChI is InChI=1S/CO2.2CH4O/c2-1-3;2*1-2/h;2*2H,1H3. The molecule has 44 valence electrons. The molecule has 7 heavy (non-hydrogen) atoms.